The number of hydrogen-bond acceptors (Lipinski definition) is 4. The number of anilines is 1. The van der Waals surface area contributed by atoms with E-state index in [2.05, 4.69) is 12.6 Å². The molecule has 2 amide bonds. The zero-order valence-electron chi connectivity index (χ0n) is 15.4. The van der Waals surface area contributed by atoms with Gasteiger partial charge in [-0.1, -0.05) is 18.7 Å². The zero-order valence-corrected chi connectivity index (χ0v) is 15.4. The Bertz CT molecular complexity index is 869. The highest BCUT2D eigenvalue weighted by Crippen LogP contribution is 2.17. The predicted molar refractivity (Wildman–Crippen MR) is 104 cm³/mol. The Kier molecular flexibility index (Phi) is 6.73. The van der Waals surface area contributed by atoms with E-state index in [1.54, 1.807) is 67.5 Å². The minimum Gasteiger partial charge on any atom is -0.490 e. The molecule has 138 valence electrons. The summed E-state index contributed by atoms with van der Waals surface area (Å²) in [7, 11) is 3.33. The number of likely N-dealkylation sites (N-methyl/N-ethyl adjacent to an activating group) is 2. The summed E-state index contributed by atoms with van der Waals surface area (Å²) in [4.78, 5) is 27.1. The Morgan fingerprint density at radius 1 is 1.15 bits per heavy atom. The van der Waals surface area contributed by atoms with E-state index in [0.29, 0.717) is 29.1 Å². The molecule has 0 spiro atoms. The van der Waals surface area contributed by atoms with Gasteiger partial charge in [-0.2, -0.15) is 5.26 Å². The van der Waals surface area contributed by atoms with Crippen LogP contribution in [0.2, 0.25) is 0 Å². The summed E-state index contributed by atoms with van der Waals surface area (Å²) in [5, 5.41) is 9.05. The maximum absolute atomic E-state index is 12.5. The van der Waals surface area contributed by atoms with Gasteiger partial charge in [-0.3, -0.25) is 9.59 Å². The second-order valence-electron chi connectivity index (χ2n) is 5.83. The second kappa shape index (κ2) is 9.20. The van der Waals surface area contributed by atoms with E-state index in [1.165, 1.54) is 11.0 Å². The summed E-state index contributed by atoms with van der Waals surface area (Å²) in [5.74, 6) is 0.123. The van der Waals surface area contributed by atoms with Crippen molar-refractivity contribution in [1.29, 1.82) is 5.26 Å². The van der Waals surface area contributed by atoms with E-state index in [-0.39, 0.29) is 18.4 Å². The fraction of sp³-hybridized carbons (Fsp3) is 0.190. The van der Waals surface area contributed by atoms with E-state index >= 15 is 0 Å². The van der Waals surface area contributed by atoms with Gasteiger partial charge in [0.05, 0.1) is 12.1 Å². The lowest BCUT2D eigenvalue weighted by molar-refractivity contribution is -0.113. The Morgan fingerprint density at radius 3 is 2.44 bits per heavy atom. The van der Waals surface area contributed by atoms with Crippen molar-refractivity contribution in [1.82, 2.24) is 4.90 Å². The van der Waals surface area contributed by atoms with Gasteiger partial charge in [0.25, 0.3) is 5.91 Å². The van der Waals surface area contributed by atoms with Crippen LogP contribution in [0.3, 0.4) is 0 Å². The van der Waals surface area contributed by atoms with Crippen LogP contribution in [0, 0.1) is 11.3 Å². The molecule has 0 unspecified atom stereocenters. The average molecular weight is 363 g/mol. The van der Waals surface area contributed by atoms with Crippen molar-refractivity contribution in [2.75, 3.05) is 32.1 Å². The number of hydrogen-bond donors (Lipinski definition) is 0. The normalized spacial score (nSPS) is 9.81. The number of rotatable bonds is 7. The van der Waals surface area contributed by atoms with Crippen LogP contribution in [0.4, 0.5) is 5.69 Å². The Labute approximate surface area is 158 Å². The molecule has 0 aliphatic carbocycles. The minimum absolute atomic E-state index is 0.156. The van der Waals surface area contributed by atoms with Crippen LogP contribution in [-0.4, -0.2) is 44.0 Å². The van der Waals surface area contributed by atoms with Gasteiger partial charge in [0.2, 0.25) is 5.91 Å². The molecule has 2 aromatic rings. The summed E-state index contributed by atoms with van der Waals surface area (Å²) in [6, 6.07) is 15.8. The maximum atomic E-state index is 12.5. The molecule has 2 aromatic carbocycles. The van der Waals surface area contributed by atoms with Crippen molar-refractivity contribution in [3.63, 3.8) is 0 Å². The smallest absolute Gasteiger partial charge is 0.253 e. The SMILES string of the molecule is C=CC(=O)N(C)c1ccc(C(=O)N(C)CCOc2ccccc2C#N)cc1. The first-order valence-electron chi connectivity index (χ1n) is 8.35. The highest BCUT2D eigenvalue weighted by atomic mass is 16.5. The van der Waals surface area contributed by atoms with Crippen LogP contribution in [-0.2, 0) is 4.79 Å². The lowest BCUT2D eigenvalue weighted by atomic mass is 10.1. The van der Waals surface area contributed by atoms with E-state index in [9.17, 15) is 9.59 Å². The standard InChI is InChI=1S/C21H21N3O3/c1-4-20(25)24(3)18-11-9-16(10-12-18)21(26)23(2)13-14-27-19-8-6-5-7-17(19)15-22/h4-12H,1,13-14H2,2-3H3. The van der Waals surface area contributed by atoms with Crippen LogP contribution in [0.1, 0.15) is 15.9 Å². The monoisotopic (exact) mass is 363 g/mol. The molecular formula is C21H21N3O3. The van der Waals surface area contributed by atoms with Crippen molar-refractivity contribution in [2.45, 2.75) is 0 Å². The lowest BCUT2D eigenvalue weighted by Crippen LogP contribution is -2.31. The molecule has 0 aliphatic rings. The van der Waals surface area contributed by atoms with Gasteiger partial charge >= 0.3 is 0 Å². The summed E-state index contributed by atoms with van der Waals surface area (Å²) in [6.45, 7) is 4.10. The summed E-state index contributed by atoms with van der Waals surface area (Å²) in [5.41, 5.74) is 1.65. The Morgan fingerprint density at radius 2 is 1.81 bits per heavy atom. The van der Waals surface area contributed by atoms with Gasteiger partial charge < -0.3 is 14.5 Å². The lowest BCUT2D eigenvalue weighted by Gasteiger charge is -2.19. The number of para-hydroxylation sites is 1. The maximum Gasteiger partial charge on any atom is 0.253 e. The summed E-state index contributed by atoms with van der Waals surface area (Å²) < 4.78 is 5.60. The first-order valence-corrected chi connectivity index (χ1v) is 8.35. The molecule has 6 heteroatoms. The first-order chi connectivity index (χ1) is 13.0. The third kappa shape index (κ3) is 4.95. The van der Waals surface area contributed by atoms with Gasteiger partial charge in [0, 0.05) is 25.3 Å². The fourth-order valence-electron chi connectivity index (χ4n) is 2.39. The topological polar surface area (TPSA) is 73.6 Å². The predicted octanol–water partition coefficient (Wildman–Crippen LogP) is 2.86. The average Bonchev–Trinajstić information content (AvgIpc) is 2.72. The van der Waals surface area contributed by atoms with Crippen molar-refractivity contribution < 1.29 is 14.3 Å². The van der Waals surface area contributed by atoms with Gasteiger partial charge in [-0.25, -0.2) is 0 Å². The van der Waals surface area contributed by atoms with Gasteiger partial charge in [-0.05, 0) is 42.5 Å². The number of benzene rings is 2. The third-order valence-corrected chi connectivity index (χ3v) is 4.05. The van der Waals surface area contributed by atoms with E-state index in [4.69, 9.17) is 10.00 Å². The van der Waals surface area contributed by atoms with Crippen LogP contribution in [0.5, 0.6) is 5.75 Å². The van der Waals surface area contributed by atoms with Crippen molar-refractivity contribution in [3.8, 4) is 11.8 Å². The molecule has 0 saturated carbocycles. The minimum atomic E-state index is -0.221. The number of carbonyl (C=O) groups excluding carboxylic acids is 2. The number of nitriles is 1. The fourth-order valence-corrected chi connectivity index (χ4v) is 2.39. The molecule has 0 N–H and O–H groups in total. The number of carbonyl (C=O) groups is 2. The number of ether oxygens (including phenoxy) is 1. The molecule has 2 rings (SSSR count). The van der Waals surface area contributed by atoms with E-state index in [1.807, 2.05) is 0 Å². The van der Waals surface area contributed by atoms with E-state index in [0.717, 1.165) is 0 Å². The zero-order chi connectivity index (χ0) is 19.8. The molecular weight excluding hydrogens is 342 g/mol. The van der Waals surface area contributed by atoms with E-state index < -0.39 is 0 Å². The van der Waals surface area contributed by atoms with Crippen molar-refractivity contribution >= 4 is 17.5 Å². The third-order valence-electron chi connectivity index (χ3n) is 4.05. The molecule has 6 nitrogen and oxygen atoms in total. The Balaban J connectivity index is 1.94. The van der Waals surface area contributed by atoms with Crippen molar-refractivity contribution in [2.24, 2.45) is 0 Å². The molecule has 27 heavy (non-hydrogen) atoms. The van der Waals surface area contributed by atoms with Crippen LogP contribution < -0.4 is 9.64 Å². The van der Waals surface area contributed by atoms with Crippen LogP contribution >= 0.6 is 0 Å². The highest BCUT2D eigenvalue weighted by Gasteiger charge is 2.13. The van der Waals surface area contributed by atoms with Gasteiger partial charge in [0.15, 0.2) is 0 Å². The highest BCUT2D eigenvalue weighted by molar-refractivity contribution is 6.01. The quantitative estimate of drug-likeness (QED) is 0.709. The molecule has 0 radical (unpaired) electrons. The summed E-state index contributed by atoms with van der Waals surface area (Å²) >= 11 is 0. The molecule has 0 aliphatic heterocycles. The van der Waals surface area contributed by atoms with Gasteiger partial charge in [-0.15, -0.1) is 0 Å². The molecule has 0 bridgehead atoms. The van der Waals surface area contributed by atoms with Crippen LogP contribution in [0.25, 0.3) is 0 Å². The largest absolute Gasteiger partial charge is 0.490 e. The molecule has 0 atom stereocenters. The second-order valence-corrected chi connectivity index (χ2v) is 5.83. The molecule has 0 heterocycles. The number of nitrogens with zero attached hydrogens (tertiary/aromatic N) is 3. The number of amides is 2. The molecule has 0 saturated heterocycles. The molecule has 0 fully saturated rings. The van der Waals surface area contributed by atoms with Gasteiger partial charge in [0.1, 0.15) is 18.4 Å². The van der Waals surface area contributed by atoms with Crippen molar-refractivity contribution in [3.05, 3.63) is 72.3 Å². The van der Waals surface area contributed by atoms with Crippen LogP contribution in [0.15, 0.2) is 61.2 Å². The summed E-state index contributed by atoms with van der Waals surface area (Å²) in [6.07, 6.45) is 1.23. The Hall–Kier alpha value is -3.59. The molecule has 0 aromatic heterocycles. The first kappa shape index (κ1) is 19.7.